The highest BCUT2D eigenvalue weighted by Gasteiger charge is 2.23. The quantitative estimate of drug-likeness (QED) is 0.818. The van der Waals surface area contributed by atoms with Gasteiger partial charge >= 0.3 is 0 Å². The summed E-state index contributed by atoms with van der Waals surface area (Å²) in [6, 6.07) is 2.21. The number of aliphatic hydroxyl groups is 1. The van der Waals surface area contributed by atoms with Crippen molar-refractivity contribution in [2.75, 3.05) is 6.61 Å². The molecule has 0 heterocycles. The van der Waals surface area contributed by atoms with E-state index in [9.17, 15) is 13.2 Å². The van der Waals surface area contributed by atoms with Crippen LogP contribution < -0.4 is 0 Å². The minimum atomic E-state index is -1.40. The van der Waals surface area contributed by atoms with E-state index in [0.717, 1.165) is 44.2 Å². The van der Waals surface area contributed by atoms with Crippen LogP contribution in [0, 0.1) is 23.4 Å². The Kier molecular flexibility index (Phi) is 4.27. The van der Waals surface area contributed by atoms with E-state index < -0.39 is 17.5 Å². The summed E-state index contributed by atoms with van der Waals surface area (Å²) in [5.74, 6) is -3.01. The predicted octanol–water partition coefficient (Wildman–Crippen LogP) is 3.76. The molecule has 0 aliphatic heterocycles. The van der Waals surface area contributed by atoms with Crippen molar-refractivity contribution in [1.29, 1.82) is 0 Å². The van der Waals surface area contributed by atoms with E-state index >= 15 is 0 Å². The highest BCUT2D eigenvalue weighted by molar-refractivity contribution is 5.23. The third-order valence-electron chi connectivity index (χ3n) is 3.86. The summed E-state index contributed by atoms with van der Waals surface area (Å²) in [6.07, 6.45) is 4.38. The second-order valence-electron chi connectivity index (χ2n) is 5.03. The summed E-state index contributed by atoms with van der Waals surface area (Å²) in [6.45, 7) is 0.190. The van der Waals surface area contributed by atoms with Gasteiger partial charge in [-0.2, -0.15) is 0 Å². The van der Waals surface area contributed by atoms with Crippen LogP contribution in [-0.4, -0.2) is 11.7 Å². The third-order valence-corrected chi connectivity index (χ3v) is 3.86. The van der Waals surface area contributed by atoms with Gasteiger partial charge in [0, 0.05) is 6.61 Å². The molecule has 100 valence electrons. The lowest BCUT2D eigenvalue weighted by Gasteiger charge is -2.28. The normalized spacial score (nSPS) is 24.2. The van der Waals surface area contributed by atoms with Crippen molar-refractivity contribution in [2.24, 2.45) is 5.92 Å². The molecule has 1 aliphatic rings. The Morgan fingerprint density at radius 2 is 1.56 bits per heavy atom. The Balaban J connectivity index is 2.05. The molecular formula is C14H17F3O. The van der Waals surface area contributed by atoms with Crippen LogP contribution >= 0.6 is 0 Å². The fourth-order valence-corrected chi connectivity index (χ4v) is 2.78. The topological polar surface area (TPSA) is 20.2 Å². The molecule has 0 saturated heterocycles. The van der Waals surface area contributed by atoms with Crippen LogP contribution in [0.4, 0.5) is 13.2 Å². The maximum atomic E-state index is 13.1. The molecule has 0 radical (unpaired) electrons. The van der Waals surface area contributed by atoms with E-state index in [-0.39, 0.29) is 12.5 Å². The van der Waals surface area contributed by atoms with Gasteiger partial charge in [-0.25, -0.2) is 13.2 Å². The van der Waals surface area contributed by atoms with E-state index in [2.05, 4.69) is 0 Å². The second-order valence-corrected chi connectivity index (χ2v) is 5.03. The molecule has 0 bridgehead atoms. The Labute approximate surface area is 105 Å². The Hall–Kier alpha value is -1.03. The molecule has 18 heavy (non-hydrogen) atoms. The van der Waals surface area contributed by atoms with Gasteiger partial charge in [-0.3, -0.25) is 0 Å². The predicted molar refractivity (Wildman–Crippen MR) is 62.7 cm³/mol. The number of halogens is 3. The second kappa shape index (κ2) is 5.74. The Bertz CT molecular complexity index is 388. The van der Waals surface area contributed by atoms with Crippen LogP contribution in [0.1, 0.15) is 43.6 Å². The number of rotatable bonds is 3. The lowest BCUT2D eigenvalue weighted by Crippen LogP contribution is -2.15. The van der Waals surface area contributed by atoms with Gasteiger partial charge in [0.25, 0.3) is 0 Å². The Morgan fingerprint density at radius 3 is 2.06 bits per heavy atom. The SMILES string of the molecule is OCCC1CCC(c2cc(F)c(F)c(F)c2)CC1. The summed E-state index contributed by atoms with van der Waals surface area (Å²) in [5.41, 5.74) is 0.550. The first-order chi connectivity index (χ1) is 8.61. The van der Waals surface area contributed by atoms with Crippen LogP contribution in [0.25, 0.3) is 0 Å². The van der Waals surface area contributed by atoms with E-state index in [4.69, 9.17) is 5.11 Å². The molecular weight excluding hydrogens is 241 g/mol. The highest BCUT2D eigenvalue weighted by atomic mass is 19.2. The monoisotopic (exact) mass is 258 g/mol. The molecule has 0 unspecified atom stereocenters. The first-order valence-electron chi connectivity index (χ1n) is 6.37. The number of hydrogen-bond donors (Lipinski definition) is 1. The van der Waals surface area contributed by atoms with E-state index in [1.165, 1.54) is 0 Å². The first kappa shape index (κ1) is 13.4. The van der Waals surface area contributed by atoms with Crippen molar-refractivity contribution in [3.63, 3.8) is 0 Å². The minimum absolute atomic E-state index is 0.101. The van der Waals surface area contributed by atoms with Gasteiger partial charge in [0.05, 0.1) is 0 Å². The average Bonchev–Trinajstić information content (AvgIpc) is 2.37. The Morgan fingerprint density at radius 1 is 1.00 bits per heavy atom. The van der Waals surface area contributed by atoms with Crippen molar-refractivity contribution >= 4 is 0 Å². The molecule has 1 aliphatic carbocycles. The van der Waals surface area contributed by atoms with Crippen LogP contribution in [0.15, 0.2) is 12.1 Å². The lowest BCUT2D eigenvalue weighted by molar-refractivity contribution is 0.222. The zero-order valence-corrected chi connectivity index (χ0v) is 10.1. The molecule has 0 spiro atoms. The third kappa shape index (κ3) is 2.86. The van der Waals surface area contributed by atoms with Crippen LogP contribution in [0.5, 0.6) is 0 Å². The summed E-state index contributed by atoms with van der Waals surface area (Å²) >= 11 is 0. The molecule has 1 saturated carbocycles. The fourth-order valence-electron chi connectivity index (χ4n) is 2.78. The van der Waals surface area contributed by atoms with Gasteiger partial charge < -0.3 is 5.11 Å². The first-order valence-corrected chi connectivity index (χ1v) is 6.37. The van der Waals surface area contributed by atoms with Gasteiger partial charge in [0.1, 0.15) is 0 Å². The lowest BCUT2D eigenvalue weighted by atomic mass is 9.77. The van der Waals surface area contributed by atoms with Crippen molar-refractivity contribution in [2.45, 2.75) is 38.0 Å². The minimum Gasteiger partial charge on any atom is -0.396 e. The fraction of sp³-hybridized carbons (Fsp3) is 0.571. The zero-order valence-electron chi connectivity index (χ0n) is 10.1. The summed E-state index contributed by atoms with van der Waals surface area (Å²) in [7, 11) is 0. The maximum absolute atomic E-state index is 13.1. The standard InChI is InChI=1S/C14H17F3O/c15-12-7-11(8-13(16)14(12)17)10-3-1-9(2-4-10)5-6-18/h7-10,18H,1-6H2. The van der Waals surface area contributed by atoms with Crippen LogP contribution in [0.3, 0.4) is 0 Å². The largest absolute Gasteiger partial charge is 0.396 e. The smallest absolute Gasteiger partial charge is 0.194 e. The molecule has 0 amide bonds. The number of hydrogen-bond acceptors (Lipinski definition) is 1. The molecule has 1 aromatic rings. The van der Waals surface area contributed by atoms with Gasteiger partial charge in [0.15, 0.2) is 17.5 Å². The summed E-state index contributed by atoms with van der Waals surface area (Å²) < 4.78 is 39.2. The van der Waals surface area contributed by atoms with Gasteiger partial charge in [-0.05, 0) is 61.6 Å². The van der Waals surface area contributed by atoms with Crippen LogP contribution in [-0.2, 0) is 0 Å². The number of benzene rings is 1. The van der Waals surface area contributed by atoms with Gasteiger partial charge in [0.2, 0.25) is 0 Å². The molecule has 1 aromatic carbocycles. The molecule has 1 N–H and O–H groups in total. The molecule has 0 aromatic heterocycles. The molecule has 0 atom stereocenters. The van der Waals surface area contributed by atoms with Crippen molar-refractivity contribution < 1.29 is 18.3 Å². The van der Waals surface area contributed by atoms with Gasteiger partial charge in [-0.1, -0.05) is 0 Å². The molecule has 1 fully saturated rings. The summed E-state index contributed by atoms with van der Waals surface area (Å²) in [5, 5.41) is 8.86. The van der Waals surface area contributed by atoms with Crippen molar-refractivity contribution in [3.05, 3.63) is 35.1 Å². The van der Waals surface area contributed by atoms with E-state index in [1.54, 1.807) is 0 Å². The molecule has 1 nitrogen and oxygen atoms in total. The average molecular weight is 258 g/mol. The highest BCUT2D eigenvalue weighted by Crippen LogP contribution is 2.37. The zero-order chi connectivity index (χ0) is 13.1. The van der Waals surface area contributed by atoms with Gasteiger partial charge in [-0.15, -0.1) is 0 Å². The molecule has 4 heteroatoms. The van der Waals surface area contributed by atoms with E-state index in [1.807, 2.05) is 0 Å². The van der Waals surface area contributed by atoms with E-state index in [0.29, 0.717) is 11.5 Å². The molecule has 2 rings (SSSR count). The summed E-state index contributed by atoms with van der Waals surface area (Å²) in [4.78, 5) is 0. The van der Waals surface area contributed by atoms with Crippen LogP contribution in [0.2, 0.25) is 0 Å². The maximum Gasteiger partial charge on any atom is 0.194 e. The van der Waals surface area contributed by atoms with Crippen molar-refractivity contribution in [3.8, 4) is 0 Å². The number of aliphatic hydroxyl groups excluding tert-OH is 1. The van der Waals surface area contributed by atoms with Crippen molar-refractivity contribution in [1.82, 2.24) is 0 Å².